The Morgan fingerprint density at radius 2 is 2.31 bits per heavy atom. The third kappa shape index (κ3) is 2.03. The highest BCUT2D eigenvalue weighted by Crippen LogP contribution is 2.38. The van der Waals surface area contributed by atoms with Crippen LogP contribution in [-0.2, 0) is 4.84 Å². The first kappa shape index (κ1) is 11.7. The van der Waals surface area contributed by atoms with Crippen molar-refractivity contribution in [1.82, 2.24) is 0 Å². The zero-order valence-corrected chi connectivity index (χ0v) is 10.4. The molecule has 1 aromatic carbocycles. The van der Waals surface area contributed by atoms with Gasteiger partial charge in [-0.1, -0.05) is 11.6 Å². The second-order valence-corrected chi connectivity index (χ2v) is 4.92. The zero-order valence-electron chi connectivity index (χ0n) is 9.61. The van der Waals surface area contributed by atoms with Crippen LogP contribution in [-0.4, -0.2) is 19.2 Å². The van der Waals surface area contributed by atoms with E-state index in [-0.39, 0.29) is 0 Å². The van der Waals surface area contributed by atoms with Gasteiger partial charge in [-0.05, 0) is 37.6 Å². The van der Waals surface area contributed by atoms with Crippen molar-refractivity contribution in [3.63, 3.8) is 0 Å². The second-order valence-electron chi connectivity index (χ2n) is 4.48. The summed E-state index contributed by atoms with van der Waals surface area (Å²) in [7, 11) is 0. The third-order valence-electron chi connectivity index (χ3n) is 3.08. The molecular formula is C12H17ClN2O. The fraction of sp³-hybridized carbons (Fsp3) is 0.500. The normalized spacial score (nSPS) is 19.3. The lowest BCUT2D eigenvalue weighted by molar-refractivity contribution is 0.125. The Bertz CT molecular complexity index is 381. The lowest BCUT2D eigenvalue weighted by atomic mass is 10.0. The van der Waals surface area contributed by atoms with Crippen LogP contribution in [0.1, 0.15) is 25.3 Å². The summed E-state index contributed by atoms with van der Waals surface area (Å²) in [5, 5.41) is 0.770. The molecular weight excluding hydrogens is 224 g/mol. The number of halogens is 1. The first-order chi connectivity index (χ1) is 7.63. The number of hydrogen-bond acceptors (Lipinski definition) is 3. The quantitative estimate of drug-likeness (QED) is 0.826. The van der Waals surface area contributed by atoms with E-state index in [1.54, 1.807) is 0 Å². The molecule has 0 aliphatic carbocycles. The van der Waals surface area contributed by atoms with E-state index < -0.39 is 0 Å². The lowest BCUT2D eigenvalue weighted by Gasteiger charge is -2.24. The average Bonchev–Trinajstić information content (AvgIpc) is 2.58. The summed E-state index contributed by atoms with van der Waals surface area (Å²) in [4.78, 5) is 7.14. The molecule has 1 aliphatic rings. The van der Waals surface area contributed by atoms with Crippen molar-refractivity contribution in [1.29, 1.82) is 0 Å². The van der Waals surface area contributed by atoms with Crippen molar-refractivity contribution in [3.8, 4) is 0 Å². The number of anilines is 1. The second kappa shape index (κ2) is 4.62. The first-order valence-electron chi connectivity index (χ1n) is 5.51. The molecule has 88 valence electrons. The van der Waals surface area contributed by atoms with E-state index >= 15 is 0 Å². The Morgan fingerprint density at radius 3 is 2.94 bits per heavy atom. The minimum atomic E-state index is 0.320. The molecule has 2 N–H and O–H groups in total. The molecule has 4 heteroatoms. The molecule has 1 atom stereocenters. The number of nitrogens with two attached hydrogens (primary N) is 1. The van der Waals surface area contributed by atoms with Gasteiger partial charge in [-0.2, -0.15) is 0 Å². The van der Waals surface area contributed by atoms with Crippen LogP contribution >= 0.6 is 11.6 Å². The van der Waals surface area contributed by atoms with E-state index in [4.69, 9.17) is 22.3 Å². The maximum atomic E-state index is 6.03. The predicted octanol–water partition coefficient (Wildman–Crippen LogP) is 2.54. The molecule has 1 heterocycles. The number of nitrogens with zero attached hydrogens (tertiary/aromatic N) is 1. The van der Waals surface area contributed by atoms with Crippen molar-refractivity contribution in [2.45, 2.75) is 25.8 Å². The van der Waals surface area contributed by atoms with Crippen LogP contribution in [0.5, 0.6) is 0 Å². The number of benzene rings is 1. The molecule has 0 radical (unpaired) electrons. The molecule has 3 nitrogen and oxygen atoms in total. The Balaban J connectivity index is 2.36. The van der Waals surface area contributed by atoms with Gasteiger partial charge in [-0.15, -0.1) is 0 Å². The summed E-state index contributed by atoms with van der Waals surface area (Å²) in [6, 6.07) is 6.50. The van der Waals surface area contributed by atoms with E-state index in [9.17, 15) is 0 Å². The van der Waals surface area contributed by atoms with Crippen LogP contribution < -0.4 is 10.8 Å². The average molecular weight is 241 g/mol. The van der Waals surface area contributed by atoms with Crippen molar-refractivity contribution in [2.24, 2.45) is 5.90 Å². The van der Waals surface area contributed by atoms with Crippen LogP contribution in [0.3, 0.4) is 0 Å². The SMILES string of the molecule is CC(C)N1CC(CON)c2cc(Cl)ccc21. The van der Waals surface area contributed by atoms with E-state index in [2.05, 4.69) is 24.8 Å². The van der Waals surface area contributed by atoms with Crippen LogP contribution in [0, 0.1) is 0 Å². The summed E-state index contributed by atoms with van der Waals surface area (Å²) >= 11 is 6.03. The maximum absolute atomic E-state index is 6.03. The molecule has 1 aromatic rings. The highest BCUT2D eigenvalue weighted by atomic mass is 35.5. The Morgan fingerprint density at radius 1 is 1.56 bits per heavy atom. The molecule has 0 bridgehead atoms. The molecule has 0 amide bonds. The third-order valence-corrected chi connectivity index (χ3v) is 3.31. The monoisotopic (exact) mass is 240 g/mol. The number of hydrogen-bond donors (Lipinski definition) is 1. The zero-order chi connectivity index (χ0) is 11.7. The Hall–Kier alpha value is -0.770. The van der Waals surface area contributed by atoms with Crippen molar-refractivity contribution in [3.05, 3.63) is 28.8 Å². The first-order valence-corrected chi connectivity index (χ1v) is 5.89. The van der Waals surface area contributed by atoms with Crippen LogP contribution in [0.2, 0.25) is 5.02 Å². The molecule has 0 saturated carbocycles. The molecule has 1 unspecified atom stereocenters. The molecule has 1 aliphatic heterocycles. The summed E-state index contributed by atoms with van der Waals surface area (Å²) in [5.74, 6) is 5.49. The minimum absolute atomic E-state index is 0.320. The minimum Gasteiger partial charge on any atom is -0.368 e. The summed E-state index contributed by atoms with van der Waals surface area (Å²) in [5.41, 5.74) is 2.49. The van der Waals surface area contributed by atoms with Crippen molar-refractivity contribution in [2.75, 3.05) is 18.1 Å². The molecule has 0 spiro atoms. The Labute approximate surface area is 101 Å². The van der Waals surface area contributed by atoms with Gasteiger partial charge in [-0.3, -0.25) is 0 Å². The van der Waals surface area contributed by atoms with Gasteiger partial charge < -0.3 is 9.74 Å². The largest absolute Gasteiger partial charge is 0.368 e. The molecule has 0 aromatic heterocycles. The summed E-state index contributed by atoms with van der Waals surface area (Å²) < 4.78 is 0. The number of fused-ring (bicyclic) bond motifs is 1. The molecule has 2 rings (SSSR count). The van der Waals surface area contributed by atoms with Crippen molar-refractivity contribution < 1.29 is 4.84 Å². The molecule has 16 heavy (non-hydrogen) atoms. The van der Waals surface area contributed by atoms with Gasteiger partial charge in [0, 0.05) is 29.2 Å². The lowest BCUT2D eigenvalue weighted by Crippen LogP contribution is -2.30. The fourth-order valence-corrected chi connectivity index (χ4v) is 2.48. The van der Waals surface area contributed by atoms with E-state index in [0.717, 1.165) is 11.6 Å². The molecule has 0 fully saturated rings. The van der Waals surface area contributed by atoms with Gasteiger partial charge in [0.1, 0.15) is 0 Å². The maximum Gasteiger partial charge on any atom is 0.0765 e. The van der Waals surface area contributed by atoms with Gasteiger partial charge in [0.2, 0.25) is 0 Å². The van der Waals surface area contributed by atoms with E-state index in [0.29, 0.717) is 18.6 Å². The summed E-state index contributed by atoms with van der Waals surface area (Å²) in [6.45, 7) is 5.86. The van der Waals surface area contributed by atoms with Crippen LogP contribution in [0.4, 0.5) is 5.69 Å². The highest BCUT2D eigenvalue weighted by molar-refractivity contribution is 6.30. The van der Waals surface area contributed by atoms with E-state index in [1.165, 1.54) is 11.3 Å². The van der Waals surface area contributed by atoms with Gasteiger partial charge in [0.05, 0.1) is 6.61 Å². The number of rotatable bonds is 3. The highest BCUT2D eigenvalue weighted by Gasteiger charge is 2.30. The topological polar surface area (TPSA) is 38.5 Å². The fourth-order valence-electron chi connectivity index (χ4n) is 2.30. The summed E-state index contributed by atoms with van der Waals surface area (Å²) in [6.07, 6.45) is 0. The smallest absolute Gasteiger partial charge is 0.0765 e. The Kier molecular flexibility index (Phi) is 3.38. The molecule has 0 saturated heterocycles. The predicted molar refractivity (Wildman–Crippen MR) is 66.8 cm³/mol. The van der Waals surface area contributed by atoms with Gasteiger partial charge in [0.25, 0.3) is 0 Å². The van der Waals surface area contributed by atoms with Crippen LogP contribution in [0.25, 0.3) is 0 Å². The van der Waals surface area contributed by atoms with Crippen LogP contribution in [0.15, 0.2) is 18.2 Å². The van der Waals surface area contributed by atoms with Gasteiger partial charge in [0.15, 0.2) is 0 Å². The van der Waals surface area contributed by atoms with Gasteiger partial charge >= 0.3 is 0 Å². The van der Waals surface area contributed by atoms with Crippen molar-refractivity contribution >= 4 is 17.3 Å². The van der Waals surface area contributed by atoms with E-state index in [1.807, 2.05) is 12.1 Å². The van der Waals surface area contributed by atoms with Gasteiger partial charge in [-0.25, -0.2) is 5.90 Å². The standard InChI is InChI=1S/C12H17ClN2O/c1-8(2)15-6-9(7-16-14)11-5-10(13)3-4-12(11)15/h3-5,8-9H,6-7,14H2,1-2H3.